The molecule has 2 atom stereocenters. The number of hydrogen-bond donors (Lipinski definition) is 2. The Morgan fingerprint density at radius 2 is 1.65 bits per heavy atom. The maximum absolute atomic E-state index is 15.2. The Morgan fingerprint density at radius 3 is 2.39 bits per heavy atom. The largest absolute Gasteiger partial charge is 0.477 e. The number of halogens is 2. The highest BCUT2D eigenvalue weighted by Crippen LogP contribution is 2.36. The standard InChI is InChI=1S/C46H51F2N9O5/c1-26-6-5-13-62-45-35(21-49-53(45)4)30-14-27(2)15-31(18-30)42(59)52-46-51-41-28(3)16-29(17-38(41)57(46)22-26)23-54-9-11-55(12-10-54)44(61)32-24-56(25-32)33-19-36(47)40(37(48)20-33)34-7-8-39(58)50-43(34)60/h14-21,26,32,34H,5-13,22-25H2,1-4H3,(H,50,58,60)(H,51,52,59)/t26-,34+/m0/s1. The minimum absolute atomic E-state index is 0.0221. The number of benzene rings is 3. The van der Waals surface area contributed by atoms with E-state index in [1.54, 1.807) is 15.8 Å². The SMILES string of the molecule is Cc1cc2cc(c1)-c1cnn(C)c1OCCC[C@H](C)Cn1c(nc3c(C)cc(CN4CCN(C(=O)C5CN(c6cc(F)c([C@H]7CCC(=O)NC7=O)c(F)c6)C5)CC4)cc31)NC2=O. The van der Waals surface area contributed by atoms with Gasteiger partial charge in [-0.15, -0.1) is 0 Å². The Morgan fingerprint density at radius 1 is 0.903 bits per heavy atom. The number of rotatable bonds is 5. The van der Waals surface area contributed by atoms with Gasteiger partial charge in [-0.1, -0.05) is 19.1 Å². The van der Waals surface area contributed by atoms with Crippen LogP contribution >= 0.6 is 0 Å². The van der Waals surface area contributed by atoms with Crippen molar-refractivity contribution in [2.45, 2.75) is 65.5 Å². The van der Waals surface area contributed by atoms with Crippen LogP contribution < -0.4 is 20.3 Å². The number of imidazole rings is 1. The van der Waals surface area contributed by atoms with Crippen LogP contribution in [0.4, 0.5) is 20.4 Å². The first-order valence-corrected chi connectivity index (χ1v) is 21.5. The number of ether oxygens (including phenoxy) is 1. The lowest BCUT2D eigenvalue weighted by Crippen LogP contribution is -2.58. The molecule has 0 aliphatic carbocycles. The van der Waals surface area contributed by atoms with Crippen LogP contribution in [0.5, 0.6) is 5.88 Å². The van der Waals surface area contributed by atoms with Crippen LogP contribution in [0.3, 0.4) is 0 Å². The molecular formula is C46H51F2N9O5. The van der Waals surface area contributed by atoms with E-state index in [0.717, 1.165) is 51.7 Å². The lowest BCUT2D eigenvalue weighted by molar-refractivity contribution is -0.138. The zero-order valence-electron chi connectivity index (χ0n) is 35.5. The van der Waals surface area contributed by atoms with Crippen LogP contribution in [0.15, 0.2) is 48.7 Å². The first kappa shape index (κ1) is 41.2. The molecule has 0 radical (unpaired) electrons. The van der Waals surface area contributed by atoms with Crippen LogP contribution in [0.2, 0.25) is 0 Å². The van der Waals surface area contributed by atoms with Crippen molar-refractivity contribution in [2.24, 2.45) is 18.9 Å². The number of anilines is 2. The summed E-state index contributed by atoms with van der Waals surface area (Å²) in [4.78, 5) is 62.3. The number of fused-ring (bicyclic) bond motifs is 7. The number of nitrogens with one attached hydrogen (secondary N) is 2. The molecule has 0 spiro atoms. The van der Waals surface area contributed by atoms with Crippen LogP contribution in [-0.2, 0) is 34.5 Å². The molecule has 2 bridgehead atoms. The van der Waals surface area contributed by atoms with Crippen LogP contribution in [0.25, 0.3) is 22.2 Å². The highest BCUT2D eigenvalue weighted by molar-refractivity contribution is 6.05. The van der Waals surface area contributed by atoms with Crippen molar-refractivity contribution in [2.75, 3.05) is 56.1 Å². The molecule has 4 aliphatic heterocycles. The summed E-state index contributed by atoms with van der Waals surface area (Å²) in [7, 11) is 1.86. The Hall–Kier alpha value is -6.16. The van der Waals surface area contributed by atoms with E-state index in [9.17, 15) is 19.2 Å². The second-order valence-corrected chi connectivity index (χ2v) is 17.5. The Kier molecular flexibility index (Phi) is 11.0. The molecule has 3 fully saturated rings. The van der Waals surface area contributed by atoms with E-state index in [1.807, 2.05) is 44.0 Å². The summed E-state index contributed by atoms with van der Waals surface area (Å²) in [5.41, 5.74) is 7.08. The fraction of sp³-hybridized carbons (Fsp3) is 0.435. The van der Waals surface area contributed by atoms with Gasteiger partial charge in [-0.05, 0) is 91.6 Å². The van der Waals surface area contributed by atoms with Crippen LogP contribution in [-0.4, -0.2) is 98.6 Å². The third kappa shape index (κ3) is 8.03. The Bertz CT molecular complexity index is 2590. The van der Waals surface area contributed by atoms with Gasteiger partial charge in [0.05, 0.1) is 41.2 Å². The molecule has 2 aromatic heterocycles. The number of carbonyl (C=O) groups excluding carboxylic acids is 4. The third-order valence-electron chi connectivity index (χ3n) is 12.8. The fourth-order valence-electron chi connectivity index (χ4n) is 9.42. The number of piperidine rings is 1. The van der Waals surface area contributed by atoms with Crippen LogP contribution in [0.1, 0.15) is 71.1 Å². The Balaban J connectivity index is 0.857. The lowest BCUT2D eigenvalue weighted by atomic mass is 9.89. The predicted octanol–water partition coefficient (Wildman–Crippen LogP) is 5.69. The quantitative estimate of drug-likeness (QED) is 0.213. The molecule has 62 heavy (non-hydrogen) atoms. The van der Waals surface area contributed by atoms with Crippen molar-refractivity contribution in [3.05, 3.63) is 88.1 Å². The summed E-state index contributed by atoms with van der Waals surface area (Å²) in [6.45, 7) is 11.3. The summed E-state index contributed by atoms with van der Waals surface area (Å²) >= 11 is 0. The molecule has 4 aliphatic rings. The van der Waals surface area contributed by atoms with Gasteiger partial charge in [-0.3, -0.25) is 34.7 Å². The molecule has 14 nitrogen and oxygen atoms in total. The number of piperazine rings is 1. The molecule has 9 rings (SSSR count). The number of aryl methyl sites for hydroxylation is 3. The van der Waals surface area contributed by atoms with E-state index in [0.29, 0.717) is 82.0 Å². The Labute approximate surface area is 358 Å². The number of imide groups is 1. The maximum atomic E-state index is 15.2. The van der Waals surface area contributed by atoms with Gasteiger partial charge in [0.2, 0.25) is 29.5 Å². The second-order valence-electron chi connectivity index (χ2n) is 17.5. The lowest BCUT2D eigenvalue weighted by Gasteiger charge is -2.44. The number of amides is 4. The molecule has 16 heteroatoms. The molecule has 5 aromatic rings. The molecule has 4 amide bonds. The van der Waals surface area contributed by atoms with Crippen molar-refractivity contribution < 1.29 is 32.7 Å². The number of nitrogens with zero attached hydrogens (tertiary/aromatic N) is 7. The number of carbonyl (C=O) groups is 4. The predicted molar refractivity (Wildman–Crippen MR) is 229 cm³/mol. The van der Waals surface area contributed by atoms with E-state index >= 15 is 8.78 Å². The summed E-state index contributed by atoms with van der Waals surface area (Å²) < 4.78 is 40.5. The number of aromatic nitrogens is 4. The zero-order chi connectivity index (χ0) is 43.4. The van der Waals surface area contributed by atoms with E-state index < -0.39 is 29.4 Å². The third-order valence-corrected chi connectivity index (χ3v) is 12.8. The van der Waals surface area contributed by atoms with E-state index in [4.69, 9.17) is 9.72 Å². The van der Waals surface area contributed by atoms with E-state index in [-0.39, 0.29) is 42.1 Å². The summed E-state index contributed by atoms with van der Waals surface area (Å²) in [5, 5.41) is 9.76. The maximum Gasteiger partial charge on any atom is 0.258 e. The molecule has 6 heterocycles. The minimum atomic E-state index is -1.06. The highest BCUT2D eigenvalue weighted by Gasteiger charge is 2.38. The summed E-state index contributed by atoms with van der Waals surface area (Å²) in [5.74, 6) is -2.93. The molecule has 3 saturated heterocycles. The molecule has 324 valence electrons. The topological polar surface area (TPSA) is 147 Å². The average molecular weight is 848 g/mol. The van der Waals surface area contributed by atoms with E-state index in [2.05, 4.69) is 44.3 Å². The second kappa shape index (κ2) is 16.6. The molecule has 0 saturated carbocycles. The molecular weight excluding hydrogens is 797 g/mol. The first-order valence-electron chi connectivity index (χ1n) is 21.5. The van der Waals surface area contributed by atoms with E-state index in [1.165, 1.54) is 12.1 Å². The van der Waals surface area contributed by atoms with Gasteiger partial charge in [0.25, 0.3) is 5.91 Å². The van der Waals surface area contributed by atoms with Crippen molar-refractivity contribution >= 4 is 46.3 Å². The normalized spacial score (nSPS) is 20.4. The minimum Gasteiger partial charge on any atom is -0.477 e. The molecule has 2 N–H and O–H groups in total. The highest BCUT2D eigenvalue weighted by atomic mass is 19.1. The first-order chi connectivity index (χ1) is 29.8. The van der Waals surface area contributed by atoms with Gasteiger partial charge in [0.15, 0.2) is 0 Å². The average Bonchev–Trinajstić information content (AvgIpc) is 3.75. The van der Waals surface area contributed by atoms with Gasteiger partial charge in [-0.25, -0.2) is 18.4 Å². The van der Waals surface area contributed by atoms with Crippen molar-refractivity contribution in [3.8, 4) is 17.0 Å². The van der Waals surface area contributed by atoms with Gasteiger partial charge >= 0.3 is 0 Å². The summed E-state index contributed by atoms with van der Waals surface area (Å²) in [6, 6.07) is 12.5. The van der Waals surface area contributed by atoms with Crippen molar-refractivity contribution in [3.63, 3.8) is 0 Å². The van der Waals surface area contributed by atoms with Gasteiger partial charge < -0.3 is 19.1 Å². The number of hydrogen-bond acceptors (Lipinski definition) is 9. The molecule has 0 unspecified atom stereocenters. The monoisotopic (exact) mass is 847 g/mol. The van der Waals surface area contributed by atoms with Gasteiger partial charge in [-0.2, -0.15) is 5.10 Å². The smallest absolute Gasteiger partial charge is 0.258 e. The fourth-order valence-corrected chi connectivity index (χ4v) is 9.42. The van der Waals surface area contributed by atoms with Gasteiger partial charge in [0.1, 0.15) is 11.6 Å². The van der Waals surface area contributed by atoms with Crippen molar-refractivity contribution in [1.82, 2.24) is 34.4 Å². The van der Waals surface area contributed by atoms with Crippen molar-refractivity contribution in [1.29, 1.82) is 0 Å². The van der Waals surface area contributed by atoms with Crippen LogP contribution in [0, 0.1) is 37.3 Å². The zero-order valence-corrected chi connectivity index (χ0v) is 35.5. The molecule has 3 aromatic carbocycles. The summed E-state index contributed by atoms with van der Waals surface area (Å²) in [6.07, 6.45) is 3.61. The van der Waals surface area contributed by atoms with Gasteiger partial charge in [0, 0.05) is 82.6 Å².